The van der Waals surface area contributed by atoms with E-state index in [1.54, 1.807) is 31.0 Å². The highest BCUT2D eigenvalue weighted by molar-refractivity contribution is 7.18. The van der Waals surface area contributed by atoms with Crippen molar-refractivity contribution in [3.05, 3.63) is 59.2 Å². The fraction of sp³-hybridized carbons (Fsp3) is 0.286. The number of furan rings is 1. The van der Waals surface area contributed by atoms with Gasteiger partial charge in [0.1, 0.15) is 35.1 Å². The molecule has 4 aromatic rings. The number of allylic oxidation sites excluding steroid dienone is 3. The van der Waals surface area contributed by atoms with Crippen LogP contribution >= 0.6 is 11.3 Å². The second-order valence-corrected chi connectivity index (χ2v) is 10.7. The van der Waals surface area contributed by atoms with Crippen LogP contribution < -0.4 is 19.5 Å². The highest BCUT2D eigenvalue weighted by atomic mass is 32.1. The first kappa shape index (κ1) is 25.7. The molecule has 0 bridgehead atoms. The Kier molecular flexibility index (Phi) is 6.34. The van der Waals surface area contributed by atoms with E-state index >= 15 is 0 Å². The number of fused-ring (bicyclic) bond motifs is 3. The smallest absolute Gasteiger partial charge is 0.294 e. The van der Waals surface area contributed by atoms with Gasteiger partial charge in [-0.05, 0) is 55.2 Å². The van der Waals surface area contributed by atoms with E-state index in [-0.39, 0.29) is 29.6 Å². The molecule has 2 unspecified atom stereocenters. The molecule has 0 spiro atoms. The fourth-order valence-corrected chi connectivity index (χ4v) is 5.59. The van der Waals surface area contributed by atoms with Crippen LogP contribution in [0.2, 0.25) is 0 Å². The number of aliphatic hydroxyl groups is 1. The monoisotopic (exact) mass is 561 g/mol. The summed E-state index contributed by atoms with van der Waals surface area (Å²) in [5.41, 5.74) is 2.90. The number of imidazole rings is 1. The summed E-state index contributed by atoms with van der Waals surface area (Å²) in [5.74, 6) is 1.61. The fourth-order valence-electron chi connectivity index (χ4n) is 4.89. The van der Waals surface area contributed by atoms with Gasteiger partial charge in [0.05, 0.1) is 31.4 Å². The average molecular weight is 562 g/mol. The predicted molar refractivity (Wildman–Crippen MR) is 149 cm³/mol. The molecule has 0 saturated heterocycles. The van der Waals surface area contributed by atoms with Crippen molar-refractivity contribution in [3.8, 4) is 28.1 Å². The molecular weight excluding hydrogens is 534 g/mol. The Morgan fingerprint density at radius 1 is 1.27 bits per heavy atom. The zero-order valence-electron chi connectivity index (χ0n) is 22.3. The molecule has 1 amide bonds. The number of amides is 1. The van der Waals surface area contributed by atoms with E-state index in [1.165, 1.54) is 25.2 Å². The van der Waals surface area contributed by atoms with Crippen molar-refractivity contribution in [2.45, 2.75) is 20.3 Å². The van der Waals surface area contributed by atoms with Gasteiger partial charge in [0, 0.05) is 29.5 Å². The number of aliphatic hydroxyl groups excluding tert-OH is 1. The summed E-state index contributed by atoms with van der Waals surface area (Å²) in [5, 5.41) is 26.2. The number of hydrogen-bond acceptors (Lipinski definition) is 10. The molecule has 3 heterocycles. The standard InChI is InChI=1S/C28H27N5O6S/c1-13(29)25(14(2)34)26(35)30-20-6-15(5-16-7-18(16)20)12-38-22-8-17(36-3)9-23-19(22)10-24(39-23)21-11-33-27(31-21)40-28(32-33)37-4/h5-6,8-11,16,18,29,34H,7,12H2,1-4H3,(H,30,35)/b25-14+,29-13?. The number of benzene rings is 1. The van der Waals surface area contributed by atoms with E-state index < -0.39 is 5.91 Å². The first-order valence-corrected chi connectivity index (χ1v) is 13.4. The molecule has 6 rings (SSSR count). The summed E-state index contributed by atoms with van der Waals surface area (Å²) >= 11 is 1.33. The van der Waals surface area contributed by atoms with Gasteiger partial charge in [0.15, 0.2) is 5.76 Å². The summed E-state index contributed by atoms with van der Waals surface area (Å²) in [6, 6.07) is 5.49. The Balaban J connectivity index is 1.24. The number of ether oxygens (including phenoxy) is 3. The third-order valence-corrected chi connectivity index (χ3v) is 7.77. The molecule has 11 nitrogen and oxygen atoms in total. The molecule has 2 aliphatic rings. The van der Waals surface area contributed by atoms with Crippen molar-refractivity contribution >= 4 is 38.9 Å². The molecule has 2 aliphatic carbocycles. The third-order valence-electron chi connectivity index (χ3n) is 6.88. The summed E-state index contributed by atoms with van der Waals surface area (Å²) in [6.07, 6.45) is 6.77. The molecule has 3 aromatic heterocycles. The topological polar surface area (TPSA) is 144 Å². The molecule has 1 saturated carbocycles. The number of hydrogen-bond donors (Lipinski definition) is 3. The molecule has 1 aromatic carbocycles. The molecule has 1 fully saturated rings. The van der Waals surface area contributed by atoms with E-state index in [0.29, 0.717) is 44.6 Å². The van der Waals surface area contributed by atoms with Gasteiger partial charge in [0.25, 0.3) is 11.1 Å². The van der Waals surface area contributed by atoms with Gasteiger partial charge in [-0.2, -0.15) is 0 Å². The number of nitrogens with one attached hydrogen (secondary N) is 2. The summed E-state index contributed by atoms with van der Waals surface area (Å²) in [6.45, 7) is 3.14. The van der Waals surface area contributed by atoms with Gasteiger partial charge in [-0.1, -0.05) is 6.08 Å². The van der Waals surface area contributed by atoms with Crippen molar-refractivity contribution in [3.63, 3.8) is 0 Å². The van der Waals surface area contributed by atoms with E-state index in [0.717, 1.165) is 23.1 Å². The van der Waals surface area contributed by atoms with Crippen LogP contribution in [0.25, 0.3) is 27.4 Å². The number of rotatable bonds is 9. The zero-order valence-corrected chi connectivity index (χ0v) is 23.1. The molecule has 40 heavy (non-hydrogen) atoms. The van der Waals surface area contributed by atoms with Gasteiger partial charge < -0.3 is 34.5 Å². The summed E-state index contributed by atoms with van der Waals surface area (Å²) in [4.78, 5) is 18.0. The quantitative estimate of drug-likeness (QED) is 0.146. The zero-order chi connectivity index (χ0) is 28.1. The number of nitrogens with zero attached hydrogens (tertiary/aromatic N) is 3. The maximum absolute atomic E-state index is 12.8. The summed E-state index contributed by atoms with van der Waals surface area (Å²) < 4.78 is 24.7. The highest BCUT2D eigenvalue weighted by Gasteiger charge is 2.41. The lowest BCUT2D eigenvalue weighted by Gasteiger charge is -2.17. The van der Waals surface area contributed by atoms with Crippen molar-refractivity contribution in [2.75, 3.05) is 20.8 Å². The van der Waals surface area contributed by atoms with Crippen LogP contribution in [0.3, 0.4) is 0 Å². The molecule has 0 aliphatic heterocycles. The second kappa shape index (κ2) is 9.87. The van der Waals surface area contributed by atoms with E-state index in [4.69, 9.17) is 24.0 Å². The predicted octanol–water partition coefficient (Wildman–Crippen LogP) is 5.05. The number of methoxy groups -OCH3 is 2. The lowest BCUT2D eigenvalue weighted by molar-refractivity contribution is -0.116. The van der Waals surface area contributed by atoms with Crippen LogP contribution in [-0.2, 0) is 4.79 Å². The van der Waals surface area contributed by atoms with Crippen LogP contribution in [0.5, 0.6) is 16.7 Å². The Morgan fingerprint density at radius 2 is 2.10 bits per heavy atom. The Bertz CT molecular complexity index is 1740. The normalized spacial score (nSPS) is 18.5. The minimum atomic E-state index is -0.486. The number of carbonyl (C=O) groups excluding carboxylic acids is 1. The van der Waals surface area contributed by atoms with Crippen LogP contribution in [0.4, 0.5) is 0 Å². The number of aromatic nitrogens is 3. The maximum atomic E-state index is 12.8. The Hall–Kier alpha value is -4.58. The molecule has 206 valence electrons. The van der Waals surface area contributed by atoms with Crippen LogP contribution in [0.1, 0.15) is 20.3 Å². The van der Waals surface area contributed by atoms with Crippen LogP contribution in [0.15, 0.2) is 63.6 Å². The molecule has 2 atom stereocenters. The van der Waals surface area contributed by atoms with Gasteiger partial charge >= 0.3 is 0 Å². The average Bonchev–Trinajstić information content (AvgIpc) is 3.20. The molecule has 3 N–H and O–H groups in total. The third kappa shape index (κ3) is 4.70. The lowest BCUT2D eigenvalue weighted by Crippen LogP contribution is -2.30. The summed E-state index contributed by atoms with van der Waals surface area (Å²) in [7, 11) is 3.15. The van der Waals surface area contributed by atoms with Crippen LogP contribution in [0, 0.1) is 17.2 Å². The first-order chi connectivity index (χ1) is 19.2. The van der Waals surface area contributed by atoms with Gasteiger partial charge in [-0.25, -0.2) is 9.50 Å². The lowest BCUT2D eigenvalue weighted by atomic mass is 10.0. The SMILES string of the molecule is COc1cc(OCC2=CC3CC3C(NC(=O)/C(C(C)=N)=C(\C)O)=C2)c2cc(-c3cn4nc(OC)sc4n3)oc2c1. The van der Waals surface area contributed by atoms with Crippen molar-refractivity contribution in [2.24, 2.45) is 11.8 Å². The first-order valence-electron chi connectivity index (χ1n) is 12.6. The molecule has 12 heteroatoms. The van der Waals surface area contributed by atoms with E-state index in [9.17, 15) is 9.90 Å². The minimum Gasteiger partial charge on any atom is -0.512 e. The molecular formula is C28H27N5O6S. The molecule has 0 radical (unpaired) electrons. The Morgan fingerprint density at radius 3 is 2.80 bits per heavy atom. The van der Waals surface area contributed by atoms with Crippen molar-refractivity contribution in [1.82, 2.24) is 19.9 Å². The van der Waals surface area contributed by atoms with Gasteiger partial charge in [0.2, 0.25) is 4.96 Å². The van der Waals surface area contributed by atoms with Crippen molar-refractivity contribution < 1.29 is 28.5 Å². The maximum Gasteiger partial charge on any atom is 0.294 e. The van der Waals surface area contributed by atoms with Gasteiger partial charge in [-0.3, -0.25) is 4.79 Å². The van der Waals surface area contributed by atoms with Crippen molar-refractivity contribution in [1.29, 1.82) is 5.41 Å². The largest absolute Gasteiger partial charge is 0.512 e. The van der Waals surface area contributed by atoms with E-state index in [1.807, 2.05) is 18.2 Å². The number of carbonyl (C=O) groups is 1. The van der Waals surface area contributed by atoms with Crippen LogP contribution in [-0.4, -0.2) is 52.1 Å². The minimum absolute atomic E-state index is 0.00763. The van der Waals surface area contributed by atoms with Gasteiger partial charge in [-0.15, -0.1) is 5.10 Å². The Labute approximate surface area is 232 Å². The van der Waals surface area contributed by atoms with E-state index in [2.05, 4.69) is 21.5 Å². The second-order valence-electron chi connectivity index (χ2n) is 9.75. The highest BCUT2D eigenvalue weighted by Crippen LogP contribution is 2.48.